The van der Waals surface area contributed by atoms with Crippen LogP contribution >= 0.6 is 0 Å². The molecule has 1 nitrogen and oxygen atoms in total. The Kier molecular flexibility index (Phi) is 3.28. The Morgan fingerprint density at radius 1 is 1.05 bits per heavy atom. The highest BCUT2D eigenvalue weighted by molar-refractivity contribution is 5.10. The summed E-state index contributed by atoms with van der Waals surface area (Å²) in [5, 5.41) is 3.73. The van der Waals surface area contributed by atoms with Crippen molar-refractivity contribution in [3.8, 4) is 0 Å². The van der Waals surface area contributed by atoms with Gasteiger partial charge in [0.2, 0.25) is 0 Å². The van der Waals surface area contributed by atoms with E-state index in [9.17, 15) is 0 Å². The second-order valence-corrected chi connectivity index (χ2v) is 9.14. The second-order valence-electron chi connectivity index (χ2n) is 9.14. The Balaban J connectivity index is 1.67. The molecule has 110 valence electrons. The molecule has 3 unspecified atom stereocenters. The quantitative estimate of drug-likeness (QED) is 0.754. The Hall–Kier alpha value is -0.0400. The van der Waals surface area contributed by atoms with Crippen LogP contribution in [0, 0.1) is 22.2 Å². The standard InChI is InChI=1S/C18H33N/c1-5-14(2)19-7-6-18-10-15-8-16(3,12-18)11-17(4,9-15)13-18/h14-15,19H,5-13H2,1-4H3. The molecule has 0 spiro atoms. The molecular weight excluding hydrogens is 230 g/mol. The van der Waals surface area contributed by atoms with Gasteiger partial charge in [-0.15, -0.1) is 0 Å². The van der Waals surface area contributed by atoms with Crippen molar-refractivity contribution in [2.75, 3.05) is 6.54 Å². The smallest absolute Gasteiger partial charge is 0.00361 e. The number of rotatable bonds is 5. The molecule has 0 amide bonds. The molecule has 4 saturated carbocycles. The monoisotopic (exact) mass is 263 g/mol. The third-order valence-electron chi connectivity index (χ3n) is 6.50. The normalized spacial score (nSPS) is 49.6. The highest BCUT2D eigenvalue weighted by atomic mass is 14.9. The van der Waals surface area contributed by atoms with Gasteiger partial charge in [-0.05, 0) is 87.0 Å². The fourth-order valence-corrected chi connectivity index (χ4v) is 6.69. The van der Waals surface area contributed by atoms with E-state index in [1.807, 2.05) is 0 Å². The molecule has 1 N–H and O–H groups in total. The van der Waals surface area contributed by atoms with Gasteiger partial charge >= 0.3 is 0 Å². The first-order valence-electron chi connectivity index (χ1n) is 8.60. The predicted molar refractivity (Wildman–Crippen MR) is 82.2 cm³/mol. The number of nitrogens with one attached hydrogen (secondary N) is 1. The molecular formula is C18H33N. The average molecular weight is 263 g/mol. The lowest BCUT2D eigenvalue weighted by Crippen LogP contribution is -2.55. The highest BCUT2D eigenvalue weighted by Crippen LogP contribution is 2.70. The summed E-state index contributed by atoms with van der Waals surface area (Å²) in [4.78, 5) is 0. The number of hydrogen-bond donors (Lipinski definition) is 1. The van der Waals surface area contributed by atoms with Crippen LogP contribution in [0.5, 0.6) is 0 Å². The summed E-state index contributed by atoms with van der Waals surface area (Å²) in [7, 11) is 0. The zero-order valence-corrected chi connectivity index (χ0v) is 13.5. The number of hydrogen-bond acceptors (Lipinski definition) is 1. The Labute approximate surface area is 119 Å². The summed E-state index contributed by atoms with van der Waals surface area (Å²) in [6.45, 7) is 11.0. The summed E-state index contributed by atoms with van der Waals surface area (Å²) in [6, 6.07) is 0.695. The van der Waals surface area contributed by atoms with E-state index in [4.69, 9.17) is 0 Å². The van der Waals surface area contributed by atoms with Gasteiger partial charge < -0.3 is 5.32 Å². The SMILES string of the molecule is CCC(C)NCCC12CC3CC(C)(CC(C)(C3)C1)C2. The average Bonchev–Trinajstić information content (AvgIpc) is 2.23. The second kappa shape index (κ2) is 4.48. The summed E-state index contributed by atoms with van der Waals surface area (Å²) in [6.07, 6.45) is 11.8. The molecule has 0 aromatic heterocycles. The van der Waals surface area contributed by atoms with Crippen molar-refractivity contribution in [3.05, 3.63) is 0 Å². The zero-order valence-electron chi connectivity index (χ0n) is 13.5. The van der Waals surface area contributed by atoms with Gasteiger partial charge in [-0.25, -0.2) is 0 Å². The van der Waals surface area contributed by atoms with E-state index < -0.39 is 0 Å². The van der Waals surface area contributed by atoms with Gasteiger partial charge in [0.05, 0.1) is 0 Å². The van der Waals surface area contributed by atoms with Crippen LogP contribution in [0.25, 0.3) is 0 Å². The summed E-state index contributed by atoms with van der Waals surface area (Å²) >= 11 is 0. The third-order valence-corrected chi connectivity index (χ3v) is 6.50. The minimum atomic E-state index is 0.685. The van der Waals surface area contributed by atoms with E-state index in [0.29, 0.717) is 22.3 Å². The Morgan fingerprint density at radius 3 is 2.21 bits per heavy atom. The van der Waals surface area contributed by atoms with E-state index in [-0.39, 0.29) is 0 Å². The van der Waals surface area contributed by atoms with Crippen LogP contribution in [0.2, 0.25) is 0 Å². The molecule has 19 heavy (non-hydrogen) atoms. The molecule has 4 aliphatic carbocycles. The largest absolute Gasteiger partial charge is 0.314 e. The van der Waals surface area contributed by atoms with Gasteiger partial charge in [0.15, 0.2) is 0 Å². The first kappa shape index (κ1) is 13.9. The maximum atomic E-state index is 3.73. The lowest BCUT2D eigenvalue weighted by Gasteiger charge is -2.65. The minimum Gasteiger partial charge on any atom is -0.314 e. The van der Waals surface area contributed by atoms with E-state index in [0.717, 1.165) is 5.92 Å². The van der Waals surface area contributed by atoms with Crippen molar-refractivity contribution in [3.63, 3.8) is 0 Å². The van der Waals surface area contributed by atoms with Crippen LogP contribution in [-0.4, -0.2) is 12.6 Å². The lowest BCUT2D eigenvalue weighted by molar-refractivity contribution is -0.147. The van der Waals surface area contributed by atoms with E-state index in [1.165, 1.54) is 51.5 Å². The molecule has 1 heteroatoms. The fraction of sp³-hybridized carbons (Fsp3) is 1.00. The van der Waals surface area contributed by atoms with Crippen LogP contribution in [0.4, 0.5) is 0 Å². The molecule has 0 saturated heterocycles. The fourth-order valence-electron chi connectivity index (χ4n) is 6.69. The van der Waals surface area contributed by atoms with Crippen molar-refractivity contribution >= 4 is 0 Å². The molecule has 0 aliphatic heterocycles. The zero-order chi connectivity index (χ0) is 13.7. The Morgan fingerprint density at radius 2 is 1.68 bits per heavy atom. The topological polar surface area (TPSA) is 12.0 Å². The molecule has 3 atom stereocenters. The van der Waals surface area contributed by atoms with Crippen LogP contribution in [-0.2, 0) is 0 Å². The Bertz CT molecular complexity index is 330. The predicted octanol–water partition coefficient (Wildman–Crippen LogP) is 4.76. The summed E-state index contributed by atoms with van der Waals surface area (Å²) < 4.78 is 0. The molecule has 4 fully saturated rings. The van der Waals surface area contributed by atoms with E-state index >= 15 is 0 Å². The molecule has 0 aromatic carbocycles. The molecule has 4 bridgehead atoms. The first-order valence-corrected chi connectivity index (χ1v) is 8.60. The first-order chi connectivity index (χ1) is 8.86. The van der Waals surface area contributed by atoms with Gasteiger partial charge in [-0.1, -0.05) is 20.8 Å². The maximum Gasteiger partial charge on any atom is 0.00361 e. The molecule has 0 radical (unpaired) electrons. The van der Waals surface area contributed by atoms with Crippen molar-refractivity contribution < 1.29 is 0 Å². The van der Waals surface area contributed by atoms with Crippen LogP contribution in [0.15, 0.2) is 0 Å². The molecule has 4 aliphatic rings. The maximum absolute atomic E-state index is 3.73. The van der Waals surface area contributed by atoms with Crippen molar-refractivity contribution in [1.29, 1.82) is 0 Å². The third kappa shape index (κ3) is 2.60. The summed E-state index contributed by atoms with van der Waals surface area (Å²) in [5.41, 5.74) is 2.07. The summed E-state index contributed by atoms with van der Waals surface area (Å²) in [5.74, 6) is 1.05. The van der Waals surface area contributed by atoms with Crippen molar-refractivity contribution in [1.82, 2.24) is 5.32 Å². The van der Waals surface area contributed by atoms with E-state index in [1.54, 1.807) is 6.42 Å². The molecule has 0 aromatic rings. The van der Waals surface area contributed by atoms with Gasteiger partial charge in [-0.3, -0.25) is 0 Å². The van der Waals surface area contributed by atoms with Gasteiger partial charge in [0, 0.05) is 6.04 Å². The molecule has 0 heterocycles. The van der Waals surface area contributed by atoms with Crippen molar-refractivity contribution in [2.45, 2.75) is 85.1 Å². The van der Waals surface area contributed by atoms with Gasteiger partial charge in [-0.2, -0.15) is 0 Å². The van der Waals surface area contributed by atoms with Gasteiger partial charge in [0.25, 0.3) is 0 Å². The van der Waals surface area contributed by atoms with Gasteiger partial charge in [0.1, 0.15) is 0 Å². The lowest BCUT2D eigenvalue weighted by atomic mass is 9.40. The van der Waals surface area contributed by atoms with Crippen LogP contribution < -0.4 is 5.32 Å². The van der Waals surface area contributed by atoms with Crippen molar-refractivity contribution in [2.24, 2.45) is 22.2 Å². The minimum absolute atomic E-state index is 0.685. The van der Waals surface area contributed by atoms with E-state index in [2.05, 4.69) is 33.0 Å². The highest BCUT2D eigenvalue weighted by Gasteiger charge is 2.59. The molecule has 4 rings (SSSR count). The van der Waals surface area contributed by atoms with Crippen LogP contribution in [0.3, 0.4) is 0 Å². The van der Waals surface area contributed by atoms with Crippen LogP contribution in [0.1, 0.15) is 79.1 Å².